The minimum Gasteiger partial charge on any atom is -0.462 e. The second-order valence-electron chi connectivity index (χ2n) is 7.70. The lowest BCUT2D eigenvalue weighted by Gasteiger charge is -2.15. The zero-order chi connectivity index (χ0) is 25.8. The van der Waals surface area contributed by atoms with Gasteiger partial charge in [0.2, 0.25) is 0 Å². The van der Waals surface area contributed by atoms with Gasteiger partial charge in [0.25, 0.3) is 11.5 Å². The number of methoxy groups -OCH3 is 1. The fraction of sp³-hybridized carbons (Fsp3) is 0.240. The highest BCUT2D eigenvalue weighted by Crippen LogP contribution is 2.20. The van der Waals surface area contributed by atoms with Gasteiger partial charge >= 0.3 is 5.97 Å². The third kappa shape index (κ3) is 4.77. The van der Waals surface area contributed by atoms with Crippen molar-refractivity contribution in [1.82, 2.24) is 14.0 Å². The van der Waals surface area contributed by atoms with E-state index in [1.807, 2.05) is 0 Å². The first-order valence-electron chi connectivity index (χ1n) is 11.1. The van der Waals surface area contributed by atoms with Crippen LogP contribution in [-0.4, -0.2) is 46.2 Å². The van der Waals surface area contributed by atoms with E-state index in [9.17, 15) is 18.8 Å². The number of aryl methyl sites for hydroxylation is 1. The van der Waals surface area contributed by atoms with Crippen LogP contribution in [0.25, 0.3) is 16.7 Å². The maximum absolute atomic E-state index is 14.5. The second-order valence-corrected chi connectivity index (χ2v) is 8.10. The summed E-state index contributed by atoms with van der Waals surface area (Å²) in [6.45, 7) is 2.19. The molecule has 36 heavy (non-hydrogen) atoms. The fourth-order valence-electron chi connectivity index (χ4n) is 3.79. The molecule has 4 aromatic rings. The molecule has 0 bridgehead atoms. The van der Waals surface area contributed by atoms with Gasteiger partial charge in [0.05, 0.1) is 22.6 Å². The molecular weight excluding hydrogens is 491 g/mol. The predicted molar refractivity (Wildman–Crippen MR) is 131 cm³/mol. The molecule has 3 aromatic heterocycles. The van der Waals surface area contributed by atoms with Crippen molar-refractivity contribution in [3.05, 3.63) is 86.5 Å². The number of ether oxygens (including phenoxy) is 2. The Bertz CT molecular complexity index is 1590. The lowest BCUT2D eigenvalue weighted by atomic mass is 10.2. The van der Waals surface area contributed by atoms with Gasteiger partial charge in [-0.25, -0.2) is 14.2 Å². The van der Waals surface area contributed by atoms with E-state index in [1.54, 1.807) is 31.3 Å². The van der Waals surface area contributed by atoms with E-state index in [1.165, 1.54) is 34.3 Å². The molecule has 1 aromatic carbocycles. The normalized spacial score (nSPS) is 11.8. The summed E-state index contributed by atoms with van der Waals surface area (Å²) in [6, 6.07) is 10.2. The first-order chi connectivity index (χ1) is 17.4. The molecule has 0 spiro atoms. The number of nitrogens with zero attached hydrogens (tertiary/aromatic N) is 4. The van der Waals surface area contributed by atoms with Gasteiger partial charge in [-0.2, -0.15) is 4.99 Å². The number of benzene rings is 1. The highest BCUT2D eigenvalue weighted by atomic mass is 35.5. The number of fused-ring (bicyclic) bond motifs is 2. The molecule has 0 aliphatic heterocycles. The Labute approximate surface area is 209 Å². The SMILES string of the molecule is CCOC(=O)c1cc2c(=O)n3ccccc3nc2n(CCCOC)c1=NC(=O)c1c(F)cccc1Cl. The summed E-state index contributed by atoms with van der Waals surface area (Å²) in [6.07, 6.45) is 2.00. The van der Waals surface area contributed by atoms with Crippen LogP contribution in [0.3, 0.4) is 0 Å². The van der Waals surface area contributed by atoms with Crippen molar-refractivity contribution in [2.24, 2.45) is 4.99 Å². The van der Waals surface area contributed by atoms with E-state index in [2.05, 4.69) is 9.98 Å². The molecule has 0 saturated carbocycles. The molecule has 0 saturated heterocycles. The number of pyridine rings is 2. The van der Waals surface area contributed by atoms with E-state index in [4.69, 9.17) is 21.1 Å². The Hall–Kier alpha value is -3.89. The maximum Gasteiger partial charge on any atom is 0.341 e. The molecule has 0 atom stereocenters. The van der Waals surface area contributed by atoms with Crippen LogP contribution in [0.15, 0.2) is 58.4 Å². The van der Waals surface area contributed by atoms with Crippen molar-refractivity contribution in [1.29, 1.82) is 0 Å². The zero-order valence-corrected chi connectivity index (χ0v) is 20.3. The van der Waals surface area contributed by atoms with Crippen molar-refractivity contribution in [3.63, 3.8) is 0 Å². The Balaban J connectivity index is 2.12. The van der Waals surface area contributed by atoms with Gasteiger partial charge in [-0.15, -0.1) is 0 Å². The summed E-state index contributed by atoms with van der Waals surface area (Å²) < 4.78 is 27.6. The molecule has 1 amide bonds. The van der Waals surface area contributed by atoms with Gasteiger partial charge in [-0.3, -0.25) is 14.0 Å². The standard InChI is InChI=1S/C25H22ClFN4O5/c1-3-36-25(34)16-14-15-21(28-19-10-4-5-11-30(19)24(15)33)31(12-7-13-35-2)22(16)29-23(32)20-17(26)8-6-9-18(20)27/h4-6,8-11,14H,3,7,12-13H2,1-2H3. The number of carbonyl (C=O) groups is 2. The van der Waals surface area contributed by atoms with Crippen molar-refractivity contribution in [2.75, 3.05) is 20.3 Å². The first kappa shape index (κ1) is 25.2. The number of amides is 1. The van der Waals surface area contributed by atoms with Gasteiger partial charge < -0.3 is 14.0 Å². The highest BCUT2D eigenvalue weighted by Gasteiger charge is 2.22. The average Bonchev–Trinajstić information content (AvgIpc) is 2.85. The number of aromatic nitrogens is 3. The smallest absolute Gasteiger partial charge is 0.341 e. The zero-order valence-electron chi connectivity index (χ0n) is 19.5. The molecule has 9 nitrogen and oxygen atoms in total. The molecule has 0 unspecified atom stereocenters. The molecule has 0 radical (unpaired) electrons. The Morgan fingerprint density at radius 1 is 1.19 bits per heavy atom. The maximum atomic E-state index is 14.5. The van der Waals surface area contributed by atoms with Crippen molar-refractivity contribution < 1.29 is 23.5 Å². The van der Waals surface area contributed by atoms with Crippen LogP contribution in [0, 0.1) is 5.82 Å². The number of carbonyl (C=O) groups excluding carboxylic acids is 2. The Morgan fingerprint density at radius 3 is 2.72 bits per heavy atom. The number of esters is 1. The van der Waals surface area contributed by atoms with E-state index in [0.29, 0.717) is 18.7 Å². The van der Waals surface area contributed by atoms with Gasteiger partial charge in [0.1, 0.15) is 22.7 Å². The van der Waals surface area contributed by atoms with Crippen LogP contribution < -0.4 is 11.0 Å². The molecular formula is C25H22ClFN4O5. The van der Waals surface area contributed by atoms with Gasteiger partial charge in [-0.1, -0.05) is 23.7 Å². The summed E-state index contributed by atoms with van der Waals surface area (Å²) in [4.78, 5) is 48.1. The largest absolute Gasteiger partial charge is 0.462 e. The van der Waals surface area contributed by atoms with Crippen molar-refractivity contribution in [2.45, 2.75) is 19.9 Å². The summed E-state index contributed by atoms with van der Waals surface area (Å²) in [7, 11) is 1.53. The van der Waals surface area contributed by atoms with Crippen molar-refractivity contribution in [3.8, 4) is 0 Å². The predicted octanol–water partition coefficient (Wildman–Crippen LogP) is 3.40. The van der Waals surface area contributed by atoms with Crippen molar-refractivity contribution >= 4 is 40.2 Å². The number of hydrogen-bond acceptors (Lipinski definition) is 6. The first-order valence-corrected chi connectivity index (χ1v) is 11.5. The van der Waals surface area contributed by atoms with Gasteiger partial charge in [0.15, 0.2) is 5.49 Å². The number of rotatable bonds is 7. The van der Waals surface area contributed by atoms with Crippen LogP contribution in [-0.2, 0) is 16.0 Å². The molecule has 4 rings (SSSR count). The number of hydrogen-bond donors (Lipinski definition) is 0. The third-order valence-electron chi connectivity index (χ3n) is 5.40. The summed E-state index contributed by atoms with van der Waals surface area (Å²) in [5.74, 6) is -2.66. The fourth-order valence-corrected chi connectivity index (χ4v) is 4.03. The van der Waals surface area contributed by atoms with Crippen LogP contribution >= 0.6 is 11.6 Å². The third-order valence-corrected chi connectivity index (χ3v) is 5.71. The summed E-state index contributed by atoms with van der Waals surface area (Å²) >= 11 is 6.07. The Kier molecular flexibility index (Phi) is 7.56. The van der Waals surface area contributed by atoms with E-state index in [-0.39, 0.29) is 40.3 Å². The van der Waals surface area contributed by atoms with E-state index in [0.717, 1.165) is 6.07 Å². The van der Waals surface area contributed by atoms with E-state index >= 15 is 0 Å². The van der Waals surface area contributed by atoms with Crippen LogP contribution in [0.5, 0.6) is 0 Å². The molecule has 186 valence electrons. The summed E-state index contributed by atoms with van der Waals surface area (Å²) in [5.41, 5.74) is -0.582. The number of halogens is 2. The molecule has 0 N–H and O–H groups in total. The average molecular weight is 513 g/mol. The topological polar surface area (TPSA) is 104 Å². The minimum absolute atomic E-state index is 0.0437. The van der Waals surface area contributed by atoms with Crippen LogP contribution in [0.2, 0.25) is 5.02 Å². The quantitative estimate of drug-likeness (QED) is 0.213. The summed E-state index contributed by atoms with van der Waals surface area (Å²) in [5, 5.41) is -0.00925. The van der Waals surface area contributed by atoms with Gasteiger partial charge in [-0.05, 0) is 43.7 Å². The van der Waals surface area contributed by atoms with Gasteiger partial charge in [0, 0.05) is 26.5 Å². The van der Waals surface area contributed by atoms with Crippen LogP contribution in [0.1, 0.15) is 34.1 Å². The lowest BCUT2D eigenvalue weighted by molar-refractivity contribution is 0.0523. The molecule has 0 aliphatic carbocycles. The molecule has 0 aliphatic rings. The highest BCUT2D eigenvalue weighted by molar-refractivity contribution is 6.33. The molecule has 0 fully saturated rings. The molecule has 11 heteroatoms. The monoisotopic (exact) mass is 512 g/mol. The Morgan fingerprint density at radius 2 is 2.00 bits per heavy atom. The second kappa shape index (κ2) is 10.8. The van der Waals surface area contributed by atoms with Crippen LogP contribution in [0.4, 0.5) is 4.39 Å². The minimum atomic E-state index is -0.999. The molecule has 3 heterocycles. The lowest BCUT2D eigenvalue weighted by Crippen LogP contribution is -2.33. The van der Waals surface area contributed by atoms with E-state index < -0.39 is 28.8 Å².